The molecule has 1 saturated carbocycles. The number of benzene rings is 1. The summed E-state index contributed by atoms with van der Waals surface area (Å²) in [5.41, 5.74) is 1.16. The average Bonchev–Trinajstić information content (AvgIpc) is 2.48. The maximum Gasteiger partial charge on any atom is 0.229 e. The molecule has 0 aromatic heterocycles. The van der Waals surface area contributed by atoms with Gasteiger partial charge < -0.3 is 9.64 Å². The van der Waals surface area contributed by atoms with Crippen LogP contribution in [-0.2, 0) is 11.2 Å². The Labute approximate surface area is 134 Å². The summed E-state index contributed by atoms with van der Waals surface area (Å²) in [7, 11) is 0. The molecule has 21 heavy (non-hydrogen) atoms. The van der Waals surface area contributed by atoms with Crippen LogP contribution in [0.2, 0.25) is 0 Å². The van der Waals surface area contributed by atoms with E-state index in [4.69, 9.17) is 4.74 Å². The molecule has 0 bridgehead atoms. The van der Waals surface area contributed by atoms with Gasteiger partial charge in [0.05, 0.1) is 5.92 Å². The highest BCUT2D eigenvalue weighted by atomic mass is 79.9. The number of ether oxygens (including phenoxy) is 1. The lowest BCUT2D eigenvalue weighted by atomic mass is 9.88. The van der Waals surface area contributed by atoms with Crippen LogP contribution in [0, 0.1) is 5.92 Å². The van der Waals surface area contributed by atoms with Crippen LogP contribution in [0.4, 0.5) is 0 Å². The van der Waals surface area contributed by atoms with E-state index in [1.54, 1.807) is 0 Å². The molecular formula is C17H22BrNO2. The van der Waals surface area contributed by atoms with Gasteiger partial charge in [0.25, 0.3) is 0 Å². The molecule has 1 unspecified atom stereocenters. The maximum absolute atomic E-state index is 12.9. The van der Waals surface area contributed by atoms with Gasteiger partial charge in [-0.1, -0.05) is 34.1 Å². The highest BCUT2D eigenvalue weighted by Crippen LogP contribution is 2.31. The van der Waals surface area contributed by atoms with E-state index >= 15 is 0 Å². The fraction of sp³-hybridized carbons (Fsp3) is 0.588. The molecule has 0 spiro atoms. The van der Waals surface area contributed by atoms with Crippen LogP contribution in [0.25, 0.3) is 0 Å². The van der Waals surface area contributed by atoms with Gasteiger partial charge in [-0.3, -0.25) is 4.79 Å². The van der Waals surface area contributed by atoms with Gasteiger partial charge in [-0.2, -0.15) is 0 Å². The Morgan fingerprint density at radius 1 is 1.33 bits per heavy atom. The Balaban J connectivity index is 1.68. The number of hydrogen-bond donors (Lipinski definition) is 0. The van der Waals surface area contributed by atoms with Crippen molar-refractivity contribution in [1.82, 2.24) is 4.90 Å². The van der Waals surface area contributed by atoms with Crippen molar-refractivity contribution in [2.24, 2.45) is 5.92 Å². The van der Waals surface area contributed by atoms with Crippen LogP contribution >= 0.6 is 15.9 Å². The lowest BCUT2D eigenvalue weighted by Gasteiger charge is -2.40. The van der Waals surface area contributed by atoms with Gasteiger partial charge in [0, 0.05) is 17.9 Å². The first-order valence-electron chi connectivity index (χ1n) is 7.86. The summed E-state index contributed by atoms with van der Waals surface area (Å²) in [6.45, 7) is 1.39. The molecule has 1 atom stereocenters. The van der Waals surface area contributed by atoms with Gasteiger partial charge in [-0.15, -0.1) is 0 Å². The number of halogens is 1. The Hall–Kier alpha value is -1.03. The first-order valence-corrected chi connectivity index (χ1v) is 8.99. The summed E-state index contributed by atoms with van der Waals surface area (Å²) in [5.74, 6) is 1.21. The first kappa shape index (κ1) is 14.9. The van der Waals surface area contributed by atoms with Crippen LogP contribution < -0.4 is 4.74 Å². The number of nitrogens with zero attached hydrogens (tertiary/aromatic N) is 1. The zero-order chi connectivity index (χ0) is 14.7. The second kappa shape index (κ2) is 6.82. The Morgan fingerprint density at radius 3 is 2.86 bits per heavy atom. The number of amides is 1. The summed E-state index contributed by atoms with van der Waals surface area (Å²) in [6.07, 6.45) is 5.42. The molecule has 1 fully saturated rings. The molecule has 0 saturated heterocycles. The molecule has 1 aromatic rings. The van der Waals surface area contributed by atoms with Crippen LogP contribution in [0.1, 0.15) is 31.2 Å². The minimum absolute atomic E-state index is 0.0178. The van der Waals surface area contributed by atoms with E-state index in [1.807, 2.05) is 18.2 Å². The molecule has 4 heteroatoms. The zero-order valence-corrected chi connectivity index (χ0v) is 13.8. The van der Waals surface area contributed by atoms with Crippen molar-refractivity contribution in [3.8, 4) is 5.75 Å². The lowest BCUT2D eigenvalue weighted by Crippen LogP contribution is -2.49. The minimum Gasteiger partial charge on any atom is -0.492 e. The number of alkyl halides is 1. The summed E-state index contributed by atoms with van der Waals surface area (Å²) < 4.78 is 5.79. The van der Waals surface area contributed by atoms with E-state index in [2.05, 4.69) is 26.9 Å². The van der Waals surface area contributed by atoms with Crippen molar-refractivity contribution in [2.75, 3.05) is 18.5 Å². The van der Waals surface area contributed by atoms with Crippen LogP contribution in [0.5, 0.6) is 5.75 Å². The summed E-state index contributed by atoms with van der Waals surface area (Å²) in [4.78, 5) is 15.0. The van der Waals surface area contributed by atoms with E-state index in [-0.39, 0.29) is 11.8 Å². The minimum atomic E-state index is -0.0178. The van der Waals surface area contributed by atoms with E-state index in [0.29, 0.717) is 12.6 Å². The van der Waals surface area contributed by atoms with E-state index in [1.165, 1.54) is 6.42 Å². The number of fused-ring (bicyclic) bond motifs is 1. The Kier molecular flexibility index (Phi) is 4.84. The SMILES string of the molecule is O=C(C1COc2ccccc2C1)N(CCCBr)C1CCC1. The monoisotopic (exact) mass is 351 g/mol. The van der Waals surface area contributed by atoms with Crippen LogP contribution in [0.15, 0.2) is 24.3 Å². The van der Waals surface area contributed by atoms with Crippen molar-refractivity contribution in [3.05, 3.63) is 29.8 Å². The van der Waals surface area contributed by atoms with Crippen LogP contribution in [0.3, 0.4) is 0 Å². The normalized spacial score (nSPS) is 21.1. The third-order valence-corrected chi connectivity index (χ3v) is 5.12. The molecule has 1 aliphatic heterocycles. The van der Waals surface area contributed by atoms with Crippen molar-refractivity contribution in [1.29, 1.82) is 0 Å². The highest BCUT2D eigenvalue weighted by molar-refractivity contribution is 9.09. The maximum atomic E-state index is 12.9. The average molecular weight is 352 g/mol. The van der Waals surface area contributed by atoms with Gasteiger partial charge in [0.15, 0.2) is 0 Å². The van der Waals surface area contributed by atoms with E-state index in [9.17, 15) is 4.79 Å². The van der Waals surface area contributed by atoms with Crippen molar-refractivity contribution < 1.29 is 9.53 Å². The van der Waals surface area contributed by atoms with Gasteiger partial charge in [-0.05, 0) is 43.7 Å². The number of carbonyl (C=O) groups excluding carboxylic acids is 1. The molecule has 1 amide bonds. The van der Waals surface area contributed by atoms with Gasteiger partial charge >= 0.3 is 0 Å². The molecule has 1 aliphatic carbocycles. The molecule has 1 heterocycles. The summed E-state index contributed by atoms with van der Waals surface area (Å²) in [6, 6.07) is 8.53. The van der Waals surface area contributed by atoms with Gasteiger partial charge in [0.2, 0.25) is 5.91 Å². The molecule has 0 radical (unpaired) electrons. The predicted molar refractivity (Wildman–Crippen MR) is 86.9 cm³/mol. The van der Waals surface area contributed by atoms with E-state index in [0.717, 1.165) is 48.9 Å². The third kappa shape index (κ3) is 3.25. The Bertz CT molecular complexity index is 501. The quantitative estimate of drug-likeness (QED) is 0.760. The number of carbonyl (C=O) groups is 1. The molecule has 1 aromatic carbocycles. The second-order valence-corrected chi connectivity index (χ2v) is 6.77. The van der Waals surface area contributed by atoms with Crippen molar-refractivity contribution in [3.63, 3.8) is 0 Å². The largest absolute Gasteiger partial charge is 0.492 e. The third-order valence-electron chi connectivity index (χ3n) is 4.56. The zero-order valence-electron chi connectivity index (χ0n) is 12.3. The molecule has 3 rings (SSSR count). The van der Waals surface area contributed by atoms with Gasteiger partial charge in [0.1, 0.15) is 12.4 Å². The number of rotatable bonds is 5. The standard InChI is InChI=1S/C17H22BrNO2/c18-9-4-10-19(15-6-3-7-15)17(20)14-11-13-5-1-2-8-16(13)21-12-14/h1-2,5,8,14-15H,3-4,6-7,9-12H2. The van der Waals surface area contributed by atoms with Crippen LogP contribution in [-0.4, -0.2) is 35.3 Å². The van der Waals surface area contributed by atoms with E-state index < -0.39 is 0 Å². The van der Waals surface area contributed by atoms with Crippen molar-refractivity contribution in [2.45, 2.75) is 38.1 Å². The molecule has 114 valence electrons. The topological polar surface area (TPSA) is 29.5 Å². The smallest absolute Gasteiger partial charge is 0.229 e. The van der Waals surface area contributed by atoms with Crippen molar-refractivity contribution >= 4 is 21.8 Å². The Morgan fingerprint density at radius 2 is 2.14 bits per heavy atom. The summed E-state index contributed by atoms with van der Waals surface area (Å²) >= 11 is 3.47. The number of para-hydroxylation sites is 1. The lowest BCUT2D eigenvalue weighted by molar-refractivity contribution is -0.141. The fourth-order valence-electron chi connectivity index (χ4n) is 3.12. The predicted octanol–water partition coefficient (Wildman–Crippen LogP) is 3.40. The van der Waals surface area contributed by atoms with Gasteiger partial charge in [-0.25, -0.2) is 0 Å². The number of hydrogen-bond acceptors (Lipinski definition) is 2. The highest BCUT2D eigenvalue weighted by Gasteiger charge is 2.34. The summed E-state index contributed by atoms with van der Waals surface area (Å²) in [5, 5.41) is 0.952. The molecule has 0 N–H and O–H groups in total. The molecule has 2 aliphatic rings. The first-order chi connectivity index (χ1) is 10.3. The fourth-order valence-corrected chi connectivity index (χ4v) is 3.37. The molecule has 3 nitrogen and oxygen atoms in total. The second-order valence-electron chi connectivity index (χ2n) is 5.98. The molecular weight excluding hydrogens is 330 g/mol.